The van der Waals surface area contributed by atoms with Gasteiger partial charge in [0.15, 0.2) is 0 Å². The molecule has 1 aliphatic rings. The molecule has 0 aromatic rings. The predicted molar refractivity (Wildman–Crippen MR) is 56.9 cm³/mol. The first-order chi connectivity index (χ1) is 6.61. The van der Waals surface area contributed by atoms with Crippen molar-refractivity contribution in [1.82, 2.24) is 0 Å². The normalized spacial score (nSPS) is 32.3. The number of hydrogen-bond acceptors (Lipinski definition) is 2. The van der Waals surface area contributed by atoms with Crippen LogP contribution in [0.1, 0.15) is 39.5 Å². The van der Waals surface area contributed by atoms with Gasteiger partial charge in [0.2, 0.25) is 0 Å². The Kier molecular flexibility index (Phi) is 3.73. The van der Waals surface area contributed by atoms with E-state index < -0.39 is 0 Å². The van der Waals surface area contributed by atoms with Gasteiger partial charge < -0.3 is 9.53 Å². The van der Waals surface area contributed by atoms with Gasteiger partial charge in [0.05, 0.1) is 12.4 Å². The van der Waals surface area contributed by atoms with Gasteiger partial charge in [-0.25, -0.2) is 0 Å². The molecule has 0 aromatic heterocycles. The standard InChI is InChI=1S/C12H20O2/c1-4-14-10(2)11-5-7-12(3,9-13)8-6-11/h9,11H,2,4-8H2,1,3H3. The Hall–Kier alpha value is -0.790. The molecule has 1 aliphatic carbocycles. The zero-order valence-corrected chi connectivity index (χ0v) is 9.21. The number of aldehydes is 1. The first kappa shape index (κ1) is 11.3. The summed E-state index contributed by atoms with van der Waals surface area (Å²) in [5, 5.41) is 0. The van der Waals surface area contributed by atoms with Crippen molar-refractivity contribution < 1.29 is 9.53 Å². The molecule has 0 N–H and O–H groups in total. The average Bonchev–Trinajstić information content (AvgIpc) is 2.19. The maximum Gasteiger partial charge on any atom is 0.125 e. The van der Waals surface area contributed by atoms with Crippen LogP contribution in [0.3, 0.4) is 0 Å². The lowest BCUT2D eigenvalue weighted by atomic mass is 9.72. The molecular weight excluding hydrogens is 176 g/mol. The van der Waals surface area contributed by atoms with Crippen LogP contribution in [0.15, 0.2) is 12.3 Å². The van der Waals surface area contributed by atoms with E-state index in [1.54, 1.807) is 0 Å². The minimum absolute atomic E-state index is 0.0943. The second kappa shape index (κ2) is 4.63. The third kappa shape index (κ3) is 2.60. The van der Waals surface area contributed by atoms with E-state index in [4.69, 9.17) is 4.74 Å². The lowest BCUT2D eigenvalue weighted by molar-refractivity contribution is -0.117. The van der Waals surface area contributed by atoms with Gasteiger partial charge in [-0.05, 0) is 32.6 Å². The van der Waals surface area contributed by atoms with Crippen molar-refractivity contribution in [1.29, 1.82) is 0 Å². The highest BCUT2D eigenvalue weighted by Crippen LogP contribution is 2.39. The van der Waals surface area contributed by atoms with Gasteiger partial charge in [-0.3, -0.25) is 0 Å². The molecular formula is C12H20O2. The summed E-state index contributed by atoms with van der Waals surface area (Å²) < 4.78 is 5.40. The Labute approximate surface area is 86.3 Å². The second-order valence-electron chi connectivity index (χ2n) is 4.45. The summed E-state index contributed by atoms with van der Waals surface area (Å²) in [4.78, 5) is 10.8. The number of carbonyl (C=O) groups excluding carboxylic acids is 1. The smallest absolute Gasteiger partial charge is 0.125 e. The van der Waals surface area contributed by atoms with Gasteiger partial charge in [-0.1, -0.05) is 13.5 Å². The van der Waals surface area contributed by atoms with Crippen molar-refractivity contribution in [3.8, 4) is 0 Å². The van der Waals surface area contributed by atoms with Crippen LogP contribution in [0.5, 0.6) is 0 Å². The molecule has 0 unspecified atom stereocenters. The molecule has 1 fully saturated rings. The second-order valence-corrected chi connectivity index (χ2v) is 4.45. The lowest BCUT2D eigenvalue weighted by Crippen LogP contribution is -2.26. The third-order valence-electron chi connectivity index (χ3n) is 3.20. The fourth-order valence-corrected chi connectivity index (χ4v) is 2.02. The van der Waals surface area contributed by atoms with Crippen LogP contribution in [-0.4, -0.2) is 12.9 Å². The Balaban J connectivity index is 2.42. The summed E-state index contributed by atoms with van der Waals surface area (Å²) in [6.07, 6.45) is 5.11. The van der Waals surface area contributed by atoms with Crippen molar-refractivity contribution in [3.05, 3.63) is 12.3 Å². The van der Waals surface area contributed by atoms with Crippen molar-refractivity contribution >= 4 is 6.29 Å². The summed E-state index contributed by atoms with van der Waals surface area (Å²) in [6, 6.07) is 0. The van der Waals surface area contributed by atoms with Gasteiger partial charge in [-0.15, -0.1) is 0 Å². The van der Waals surface area contributed by atoms with Crippen LogP contribution in [0.4, 0.5) is 0 Å². The molecule has 1 rings (SSSR count). The third-order valence-corrected chi connectivity index (χ3v) is 3.20. The van der Waals surface area contributed by atoms with E-state index in [2.05, 4.69) is 6.58 Å². The Morgan fingerprint density at radius 1 is 1.57 bits per heavy atom. The molecule has 1 saturated carbocycles. The van der Waals surface area contributed by atoms with Gasteiger partial charge in [0, 0.05) is 11.3 Å². The molecule has 2 heteroatoms. The van der Waals surface area contributed by atoms with Crippen molar-refractivity contribution in [2.75, 3.05) is 6.61 Å². The molecule has 0 heterocycles. The highest BCUT2D eigenvalue weighted by atomic mass is 16.5. The predicted octanol–water partition coefficient (Wildman–Crippen LogP) is 2.93. The number of ether oxygens (including phenoxy) is 1. The minimum atomic E-state index is -0.0943. The fourth-order valence-electron chi connectivity index (χ4n) is 2.02. The SMILES string of the molecule is C=C(OCC)C1CCC(C)(C=O)CC1. The monoisotopic (exact) mass is 196 g/mol. The van der Waals surface area contributed by atoms with E-state index in [0.717, 1.165) is 37.7 Å². The fraction of sp³-hybridized carbons (Fsp3) is 0.750. The molecule has 0 spiro atoms. The Morgan fingerprint density at radius 3 is 2.57 bits per heavy atom. The number of rotatable bonds is 4. The number of carbonyl (C=O) groups is 1. The van der Waals surface area contributed by atoms with Crippen molar-refractivity contribution in [3.63, 3.8) is 0 Å². The summed E-state index contributed by atoms with van der Waals surface area (Å²) in [5.41, 5.74) is -0.0943. The first-order valence-corrected chi connectivity index (χ1v) is 5.39. The van der Waals surface area contributed by atoms with E-state index in [9.17, 15) is 4.79 Å². The maximum absolute atomic E-state index is 10.8. The van der Waals surface area contributed by atoms with Crippen LogP contribution in [0.2, 0.25) is 0 Å². The highest BCUT2D eigenvalue weighted by Gasteiger charge is 2.32. The average molecular weight is 196 g/mol. The van der Waals surface area contributed by atoms with Crippen LogP contribution >= 0.6 is 0 Å². The molecule has 0 saturated heterocycles. The quantitative estimate of drug-likeness (QED) is 0.510. The van der Waals surface area contributed by atoms with Crippen molar-refractivity contribution in [2.45, 2.75) is 39.5 Å². The summed E-state index contributed by atoms with van der Waals surface area (Å²) >= 11 is 0. The number of allylic oxidation sites excluding steroid dienone is 1. The van der Waals surface area contributed by atoms with Gasteiger partial charge >= 0.3 is 0 Å². The molecule has 0 aromatic carbocycles. The lowest BCUT2D eigenvalue weighted by Gasteiger charge is -2.33. The highest BCUT2D eigenvalue weighted by molar-refractivity contribution is 5.58. The molecule has 0 bridgehead atoms. The van der Waals surface area contributed by atoms with Crippen LogP contribution in [0, 0.1) is 11.3 Å². The summed E-state index contributed by atoms with van der Waals surface area (Å²) in [5.74, 6) is 1.36. The molecule has 80 valence electrons. The van der Waals surface area contributed by atoms with Crippen LogP contribution in [-0.2, 0) is 9.53 Å². The minimum Gasteiger partial charge on any atom is -0.499 e. The zero-order valence-electron chi connectivity index (χ0n) is 9.21. The zero-order chi connectivity index (χ0) is 10.6. The van der Waals surface area contributed by atoms with E-state index in [-0.39, 0.29) is 5.41 Å². The van der Waals surface area contributed by atoms with Gasteiger partial charge in [0.1, 0.15) is 6.29 Å². The van der Waals surface area contributed by atoms with E-state index in [0.29, 0.717) is 12.5 Å². The molecule has 0 radical (unpaired) electrons. The van der Waals surface area contributed by atoms with Gasteiger partial charge in [0.25, 0.3) is 0 Å². The molecule has 0 aliphatic heterocycles. The maximum atomic E-state index is 10.8. The molecule has 0 atom stereocenters. The Bertz CT molecular complexity index is 212. The summed E-state index contributed by atoms with van der Waals surface area (Å²) in [7, 11) is 0. The van der Waals surface area contributed by atoms with Crippen LogP contribution < -0.4 is 0 Å². The Morgan fingerprint density at radius 2 is 2.14 bits per heavy atom. The summed E-state index contributed by atoms with van der Waals surface area (Å²) in [6.45, 7) is 8.64. The molecule has 2 nitrogen and oxygen atoms in total. The molecule has 14 heavy (non-hydrogen) atoms. The topological polar surface area (TPSA) is 26.3 Å². The van der Waals surface area contributed by atoms with E-state index >= 15 is 0 Å². The molecule has 0 amide bonds. The van der Waals surface area contributed by atoms with Crippen LogP contribution in [0.25, 0.3) is 0 Å². The largest absolute Gasteiger partial charge is 0.499 e. The number of hydrogen-bond donors (Lipinski definition) is 0. The van der Waals surface area contributed by atoms with E-state index in [1.807, 2.05) is 13.8 Å². The first-order valence-electron chi connectivity index (χ1n) is 5.39. The van der Waals surface area contributed by atoms with Crippen molar-refractivity contribution in [2.24, 2.45) is 11.3 Å². The van der Waals surface area contributed by atoms with Gasteiger partial charge in [-0.2, -0.15) is 0 Å². The van der Waals surface area contributed by atoms with E-state index in [1.165, 1.54) is 0 Å².